The van der Waals surface area contributed by atoms with Crippen molar-refractivity contribution in [3.63, 3.8) is 0 Å². The topological polar surface area (TPSA) is 142 Å². The number of carbonyl (C=O) groups excluding carboxylic acids is 4. The number of likely N-dealkylation sites (N-methyl/N-ethyl adjacent to an activating group) is 1. The Hall–Kier alpha value is -4.71. The third-order valence-electron chi connectivity index (χ3n) is 5.74. The van der Waals surface area contributed by atoms with E-state index in [1.807, 2.05) is 7.05 Å². The fourth-order valence-electron chi connectivity index (χ4n) is 3.94. The zero-order valence-corrected chi connectivity index (χ0v) is 21.8. The molecule has 39 heavy (non-hydrogen) atoms. The van der Waals surface area contributed by atoms with Gasteiger partial charge >= 0.3 is 24.0 Å². The van der Waals surface area contributed by atoms with Gasteiger partial charge in [-0.05, 0) is 31.3 Å². The number of hydrogen-bond acceptors (Lipinski definition) is 11. The molecule has 1 saturated heterocycles. The van der Waals surface area contributed by atoms with Crippen LogP contribution in [0.15, 0.2) is 45.6 Å². The molecule has 1 aromatic heterocycles. The Labute approximate surface area is 222 Å². The molecule has 4 rings (SSSR count). The predicted octanol–water partition coefficient (Wildman–Crippen LogP) is 2.98. The van der Waals surface area contributed by atoms with Crippen molar-refractivity contribution in [2.75, 3.05) is 33.2 Å². The first kappa shape index (κ1) is 27.3. The smallest absolute Gasteiger partial charge is 0.415 e. The average Bonchev–Trinajstić information content (AvgIpc) is 2.85. The van der Waals surface area contributed by atoms with Gasteiger partial charge in [-0.3, -0.25) is 19.2 Å². The molecular weight excluding hydrogens is 512 g/mol. The summed E-state index contributed by atoms with van der Waals surface area (Å²) in [5, 5.41) is -0.196. The lowest BCUT2D eigenvalue weighted by Gasteiger charge is -2.31. The van der Waals surface area contributed by atoms with Crippen molar-refractivity contribution in [3.8, 4) is 34.3 Å². The normalized spacial score (nSPS) is 13.6. The van der Waals surface area contributed by atoms with Gasteiger partial charge < -0.3 is 33.2 Å². The molecule has 0 aliphatic carbocycles. The first-order chi connectivity index (χ1) is 18.5. The second kappa shape index (κ2) is 11.4. The molecule has 0 unspecified atom stereocenters. The molecule has 0 N–H and O–H groups in total. The van der Waals surface area contributed by atoms with Gasteiger partial charge in [0.2, 0.25) is 5.75 Å². The van der Waals surface area contributed by atoms with Crippen LogP contribution < -0.4 is 24.4 Å². The van der Waals surface area contributed by atoms with Crippen molar-refractivity contribution in [1.29, 1.82) is 0 Å². The van der Waals surface area contributed by atoms with Crippen LogP contribution in [0.3, 0.4) is 0 Å². The van der Waals surface area contributed by atoms with E-state index in [0.29, 0.717) is 24.4 Å². The number of nitrogens with zero attached hydrogens (tertiary/aromatic N) is 2. The van der Waals surface area contributed by atoms with Gasteiger partial charge in [0.25, 0.3) is 0 Å². The zero-order valence-electron chi connectivity index (χ0n) is 21.8. The Kier molecular flexibility index (Phi) is 7.96. The van der Waals surface area contributed by atoms with E-state index in [1.165, 1.54) is 12.1 Å². The van der Waals surface area contributed by atoms with E-state index in [2.05, 4.69) is 4.90 Å². The van der Waals surface area contributed by atoms with Crippen molar-refractivity contribution in [2.45, 2.75) is 20.8 Å². The average molecular weight is 539 g/mol. The van der Waals surface area contributed by atoms with Crippen LogP contribution >= 0.6 is 0 Å². The van der Waals surface area contributed by atoms with Crippen molar-refractivity contribution in [3.05, 3.63) is 46.6 Å². The van der Waals surface area contributed by atoms with E-state index in [9.17, 15) is 24.0 Å². The van der Waals surface area contributed by atoms with Crippen molar-refractivity contribution in [1.82, 2.24) is 9.80 Å². The Morgan fingerprint density at radius 2 is 1.36 bits per heavy atom. The van der Waals surface area contributed by atoms with Gasteiger partial charge in [0.1, 0.15) is 22.5 Å². The quantitative estimate of drug-likeness (QED) is 0.349. The highest BCUT2D eigenvalue weighted by Crippen LogP contribution is 2.44. The molecule has 204 valence electrons. The molecule has 0 radical (unpaired) electrons. The van der Waals surface area contributed by atoms with Crippen LogP contribution in [-0.4, -0.2) is 67.0 Å². The molecule has 1 amide bonds. The van der Waals surface area contributed by atoms with Crippen molar-refractivity contribution < 1.29 is 42.5 Å². The number of amides is 1. The summed E-state index contributed by atoms with van der Waals surface area (Å²) in [6.07, 6.45) is -0.451. The van der Waals surface area contributed by atoms with E-state index in [4.69, 9.17) is 23.4 Å². The highest BCUT2D eigenvalue weighted by molar-refractivity contribution is 5.94. The maximum absolute atomic E-state index is 13.2. The molecule has 0 saturated carbocycles. The number of fused-ring (bicyclic) bond motifs is 1. The first-order valence-corrected chi connectivity index (χ1v) is 12.0. The molecule has 1 aliphatic rings. The Balaban J connectivity index is 1.71. The molecule has 1 fully saturated rings. The largest absolute Gasteiger partial charge is 0.456 e. The highest BCUT2D eigenvalue weighted by Gasteiger charge is 2.26. The number of piperazine rings is 1. The van der Waals surface area contributed by atoms with Crippen LogP contribution in [-0.2, 0) is 14.4 Å². The lowest BCUT2D eigenvalue weighted by molar-refractivity contribution is -0.135. The summed E-state index contributed by atoms with van der Waals surface area (Å²) in [6, 6.07) is 8.69. The second-order valence-electron chi connectivity index (χ2n) is 8.84. The SMILES string of the molecule is CC(=O)Oc1cc2oc(-c3ccc(OC(=O)N4CCN(C)CC4)cc3)cc(=O)c2c(OC(C)=O)c1OC(C)=O. The molecule has 12 heteroatoms. The minimum atomic E-state index is -0.810. The summed E-state index contributed by atoms with van der Waals surface area (Å²) in [6.45, 7) is 5.97. The Morgan fingerprint density at radius 3 is 1.95 bits per heavy atom. The van der Waals surface area contributed by atoms with Gasteiger partial charge in [-0.2, -0.15) is 0 Å². The van der Waals surface area contributed by atoms with E-state index in [0.717, 1.165) is 33.9 Å². The second-order valence-corrected chi connectivity index (χ2v) is 8.84. The lowest BCUT2D eigenvalue weighted by Crippen LogP contribution is -2.48. The number of ether oxygens (including phenoxy) is 4. The Bertz CT molecular complexity index is 1500. The van der Waals surface area contributed by atoms with E-state index in [-0.39, 0.29) is 22.5 Å². The van der Waals surface area contributed by atoms with Gasteiger partial charge in [0.05, 0.1) is 0 Å². The maximum atomic E-state index is 13.2. The molecule has 1 aliphatic heterocycles. The van der Waals surface area contributed by atoms with Crippen LogP contribution in [0.25, 0.3) is 22.3 Å². The number of rotatable bonds is 5. The van der Waals surface area contributed by atoms with Gasteiger partial charge in [0, 0.05) is 64.6 Å². The maximum Gasteiger partial charge on any atom is 0.415 e. The highest BCUT2D eigenvalue weighted by atomic mass is 16.6. The minimum absolute atomic E-state index is 0.0912. The van der Waals surface area contributed by atoms with Crippen LogP contribution in [0.2, 0.25) is 0 Å². The van der Waals surface area contributed by atoms with E-state index >= 15 is 0 Å². The molecular formula is C27H26N2O10. The monoisotopic (exact) mass is 538 g/mol. The van der Waals surface area contributed by atoms with Gasteiger partial charge in [-0.1, -0.05) is 0 Å². The number of benzene rings is 2. The first-order valence-electron chi connectivity index (χ1n) is 12.0. The summed E-state index contributed by atoms with van der Waals surface area (Å²) >= 11 is 0. The predicted molar refractivity (Wildman–Crippen MR) is 137 cm³/mol. The molecule has 12 nitrogen and oxygen atoms in total. The lowest BCUT2D eigenvalue weighted by atomic mass is 10.1. The number of carbonyl (C=O) groups is 4. The zero-order chi connectivity index (χ0) is 28.3. The summed E-state index contributed by atoms with van der Waals surface area (Å²) in [5.41, 5.74) is -0.233. The fourth-order valence-corrected chi connectivity index (χ4v) is 3.94. The van der Waals surface area contributed by atoms with Crippen molar-refractivity contribution >= 4 is 35.0 Å². The summed E-state index contributed by atoms with van der Waals surface area (Å²) in [7, 11) is 1.99. The molecule has 2 aromatic carbocycles. The van der Waals surface area contributed by atoms with E-state index < -0.39 is 40.9 Å². The van der Waals surface area contributed by atoms with Gasteiger partial charge in [0.15, 0.2) is 16.9 Å². The number of hydrogen-bond donors (Lipinski definition) is 0. The standard InChI is InChI=1S/C27H26N2O10/c1-15(30)35-23-14-22-24(26(37-17(3)32)25(23)36-16(2)31)20(33)13-21(39-22)18-5-7-19(8-6-18)38-27(34)29-11-9-28(4)10-12-29/h5-8,13-14H,9-12H2,1-4H3. The molecule has 3 aromatic rings. The number of esters is 3. The molecule has 0 atom stereocenters. The molecule has 0 bridgehead atoms. The summed E-state index contributed by atoms with van der Waals surface area (Å²) < 4.78 is 26.8. The fraction of sp³-hybridized carbons (Fsp3) is 0.296. The third kappa shape index (κ3) is 6.41. The summed E-state index contributed by atoms with van der Waals surface area (Å²) in [5.74, 6) is -3.03. The minimum Gasteiger partial charge on any atom is -0.456 e. The van der Waals surface area contributed by atoms with Gasteiger partial charge in [-0.15, -0.1) is 0 Å². The molecule has 0 spiro atoms. The van der Waals surface area contributed by atoms with Gasteiger partial charge in [-0.25, -0.2) is 4.79 Å². The Morgan fingerprint density at radius 1 is 0.769 bits per heavy atom. The van der Waals surface area contributed by atoms with E-state index in [1.54, 1.807) is 29.2 Å². The third-order valence-corrected chi connectivity index (χ3v) is 5.74. The van der Waals surface area contributed by atoms with Crippen LogP contribution in [0.1, 0.15) is 20.8 Å². The summed E-state index contributed by atoms with van der Waals surface area (Å²) in [4.78, 5) is 64.6. The van der Waals surface area contributed by atoms with Crippen LogP contribution in [0, 0.1) is 0 Å². The van der Waals surface area contributed by atoms with Crippen LogP contribution in [0.5, 0.6) is 23.0 Å². The van der Waals surface area contributed by atoms with Crippen LogP contribution in [0.4, 0.5) is 4.79 Å². The van der Waals surface area contributed by atoms with Crippen molar-refractivity contribution in [2.24, 2.45) is 0 Å². The molecule has 2 heterocycles.